The Kier molecular flexibility index (Phi) is 3.41. The van der Waals surface area contributed by atoms with Crippen LogP contribution >= 0.6 is 0 Å². The summed E-state index contributed by atoms with van der Waals surface area (Å²) in [6, 6.07) is 0. The van der Waals surface area contributed by atoms with E-state index in [-0.39, 0.29) is 12.5 Å². The van der Waals surface area contributed by atoms with Gasteiger partial charge in [-0.05, 0) is 25.7 Å². The van der Waals surface area contributed by atoms with Gasteiger partial charge in [0.05, 0.1) is 11.6 Å². The van der Waals surface area contributed by atoms with Crippen molar-refractivity contribution in [1.29, 1.82) is 0 Å². The molecule has 2 atom stereocenters. The molecule has 3 heterocycles. The van der Waals surface area contributed by atoms with Crippen molar-refractivity contribution in [1.82, 2.24) is 25.2 Å². The zero-order chi connectivity index (χ0) is 17.8. The van der Waals surface area contributed by atoms with Crippen LogP contribution in [0.4, 0.5) is 13.2 Å². The van der Waals surface area contributed by atoms with E-state index in [4.69, 9.17) is 4.52 Å². The Morgan fingerprint density at radius 3 is 2.96 bits per heavy atom. The summed E-state index contributed by atoms with van der Waals surface area (Å²) >= 11 is 0. The van der Waals surface area contributed by atoms with Gasteiger partial charge < -0.3 is 9.42 Å². The van der Waals surface area contributed by atoms with Crippen LogP contribution in [-0.4, -0.2) is 44.2 Å². The number of carbonyl (C=O) groups excluding carboxylic acids is 1. The summed E-state index contributed by atoms with van der Waals surface area (Å²) in [4.78, 5) is 18.4. The first kappa shape index (κ1) is 16.1. The first-order chi connectivity index (χ1) is 11.8. The van der Waals surface area contributed by atoms with E-state index in [1.807, 2.05) is 0 Å². The molecule has 1 aliphatic heterocycles. The Morgan fingerprint density at radius 1 is 1.48 bits per heavy atom. The monoisotopic (exact) mass is 355 g/mol. The first-order valence-corrected chi connectivity index (χ1v) is 8.02. The molecule has 0 radical (unpaired) electrons. The van der Waals surface area contributed by atoms with Gasteiger partial charge in [-0.25, -0.2) is 0 Å². The number of alkyl halides is 3. The van der Waals surface area contributed by atoms with Crippen LogP contribution in [0.25, 0.3) is 0 Å². The number of hydrogen-bond acceptors (Lipinski definition) is 5. The van der Waals surface area contributed by atoms with Crippen molar-refractivity contribution in [2.24, 2.45) is 5.92 Å². The molecule has 1 saturated carbocycles. The standard InChI is InChI=1S/C15H16F3N5O2/c1-8-20-13(25-22-8)14-4-2-3-9(14)6-23(7-14)12(24)11-10(5-19-21-11)15(16,17)18/h5,9H,2-4,6-7H2,1H3,(H,19,21)/t9-,14-/m0/s1. The summed E-state index contributed by atoms with van der Waals surface area (Å²) in [5, 5.41) is 9.43. The zero-order valence-electron chi connectivity index (χ0n) is 13.4. The van der Waals surface area contributed by atoms with Gasteiger partial charge in [0.25, 0.3) is 5.91 Å². The predicted molar refractivity (Wildman–Crippen MR) is 77.5 cm³/mol. The molecule has 1 amide bonds. The van der Waals surface area contributed by atoms with Crippen molar-refractivity contribution in [2.45, 2.75) is 37.8 Å². The minimum Gasteiger partial charge on any atom is -0.339 e. The summed E-state index contributed by atoms with van der Waals surface area (Å²) in [5.74, 6) is 0.388. The fourth-order valence-corrected chi connectivity index (χ4v) is 4.12. The number of aromatic amines is 1. The molecule has 4 rings (SSSR count). The molecule has 2 aliphatic rings. The van der Waals surface area contributed by atoms with Crippen LogP contribution in [0.15, 0.2) is 10.7 Å². The number of aryl methyl sites for hydroxylation is 1. The van der Waals surface area contributed by atoms with Crippen LogP contribution in [0.3, 0.4) is 0 Å². The average molecular weight is 355 g/mol. The van der Waals surface area contributed by atoms with Crippen molar-refractivity contribution in [3.63, 3.8) is 0 Å². The van der Waals surface area contributed by atoms with Crippen molar-refractivity contribution < 1.29 is 22.5 Å². The lowest BCUT2D eigenvalue weighted by Crippen LogP contribution is -2.35. The molecule has 2 aromatic heterocycles. The normalized spacial score (nSPS) is 26.2. The lowest BCUT2D eigenvalue weighted by molar-refractivity contribution is -0.138. The van der Waals surface area contributed by atoms with Crippen LogP contribution in [0.5, 0.6) is 0 Å². The minimum absolute atomic E-state index is 0.105. The van der Waals surface area contributed by atoms with Crippen LogP contribution in [-0.2, 0) is 11.6 Å². The van der Waals surface area contributed by atoms with Crippen molar-refractivity contribution in [2.75, 3.05) is 13.1 Å². The number of nitrogens with zero attached hydrogens (tertiary/aromatic N) is 4. The highest BCUT2D eigenvalue weighted by atomic mass is 19.4. The quantitative estimate of drug-likeness (QED) is 0.893. The number of rotatable bonds is 2. The number of carbonyl (C=O) groups is 1. The van der Waals surface area contributed by atoms with Crippen molar-refractivity contribution >= 4 is 5.91 Å². The van der Waals surface area contributed by atoms with E-state index in [0.717, 1.165) is 19.3 Å². The summed E-state index contributed by atoms with van der Waals surface area (Å²) < 4.78 is 44.5. The fourth-order valence-electron chi connectivity index (χ4n) is 4.12. The predicted octanol–water partition coefficient (Wildman–Crippen LogP) is 2.31. The molecule has 0 bridgehead atoms. The Bertz CT molecular complexity index is 814. The van der Waals surface area contributed by atoms with E-state index in [0.29, 0.717) is 24.5 Å². The van der Waals surface area contributed by atoms with E-state index >= 15 is 0 Å². The van der Waals surface area contributed by atoms with Gasteiger partial charge >= 0.3 is 6.18 Å². The Balaban J connectivity index is 1.64. The number of nitrogens with one attached hydrogen (secondary N) is 1. The van der Waals surface area contributed by atoms with Gasteiger partial charge in [0.15, 0.2) is 5.82 Å². The van der Waals surface area contributed by atoms with E-state index in [1.165, 1.54) is 4.90 Å². The fraction of sp³-hybridized carbons (Fsp3) is 0.600. The van der Waals surface area contributed by atoms with Crippen molar-refractivity contribution in [3.8, 4) is 0 Å². The number of fused-ring (bicyclic) bond motifs is 1. The van der Waals surface area contributed by atoms with Gasteiger partial charge in [-0.15, -0.1) is 0 Å². The molecule has 2 aromatic rings. The SMILES string of the molecule is Cc1noc([C@]23CCC[C@H]2CN(C(=O)c2[nH]ncc2C(F)(F)F)C3)n1. The van der Waals surface area contributed by atoms with Gasteiger partial charge in [-0.1, -0.05) is 11.6 Å². The maximum atomic E-state index is 13.0. The van der Waals surface area contributed by atoms with Gasteiger partial charge in [0.1, 0.15) is 11.3 Å². The molecule has 1 aliphatic carbocycles. The number of hydrogen-bond donors (Lipinski definition) is 1. The van der Waals surface area contributed by atoms with Crippen LogP contribution in [0, 0.1) is 12.8 Å². The molecule has 0 aromatic carbocycles. The maximum absolute atomic E-state index is 13.0. The third-order valence-corrected chi connectivity index (χ3v) is 5.27. The van der Waals surface area contributed by atoms with E-state index < -0.39 is 28.8 Å². The largest absolute Gasteiger partial charge is 0.420 e. The lowest BCUT2D eigenvalue weighted by atomic mass is 9.80. The van der Waals surface area contributed by atoms with Gasteiger partial charge in [-0.3, -0.25) is 9.89 Å². The van der Waals surface area contributed by atoms with Gasteiger partial charge in [0, 0.05) is 13.1 Å². The van der Waals surface area contributed by atoms with Crippen LogP contribution < -0.4 is 0 Å². The van der Waals surface area contributed by atoms with Gasteiger partial charge in [0.2, 0.25) is 5.89 Å². The lowest BCUT2D eigenvalue weighted by Gasteiger charge is -2.24. The third kappa shape index (κ3) is 2.42. The maximum Gasteiger partial charge on any atom is 0.420 e. The molecular weight excluding hydrogens is 339 g/mol. The number of aromatic nitrogens is 4. The summed E-state index contributed by atoms with van der Waals surface area (Å²) in [7, 11) is 0. The first-order valence-electron chi connectivity index (χ1n) is 8.02. The molecule has 1 N–H and O–H groups in total. The van der Waals surface area contributed by atoms with E-state index in [9.17, 15) is 18.0 Å². The second-order valence-corrected chi connectivity index (χ2v) is 6.73. The number of H-pyrrole nitrogens is 1. The Morgan fingerprint density at radius 2 is 2.28 bits per heavy atom. The van der Waals surface area contributed by atoms with Gasteiger partial charge in [-0.2, -0.15) is 23.3 Å². The van der Waals surface area contributed by atoms with E-state index in [1.54, 1.807) is 6.92 Å². The molecule has 2 fully saturated rings. The van der Waals surface area contributed by atoms with Crippen molar-refractivity contribution in [3.05, 3.63) is 29.2 Å². The summed E-state index contributed by atoms with van der Waals surface area (Å²) in [6.07, 6.45) is -1.37. The number of likely N-dealkylation sites (tertiary alicyclic amines) is 1. The minimum atomic E-state index is -4.63. The molecule has 25 heavy (non-hydrogen) atoms. The Labute approximate surface area is 140 Å². The highest BCUT2D eigenvalue weighted by molar-refractivity contribution is 5.94. The van der Waals surface area contributed by atoms with Crippen LogP contribution in [0.1, 0.15) is 47.0 Å². The highest BCUT2D eigenvalue weighted by Gasteiger charge is 2.55. The smallest absolute Gasteiger partial charge is 0.339 e. The number of halogens is 3. The highest BCUT2D eigenvalue weighted by Crippen LogP contribution is 2.50. The second-order valence-electron chi connectivity index (χ2n) is 6.73. The summed E-state index contributed by atoms with van der Waals surface area (Å²) in [6.45, 7) is 2.36. The third-order valence-electron chi connectivity index (χ3n) is 5.27. The Hall–Kier alpha value is -2.39. The average Bonchev–Trinajstić information content (AvgIpc) is 3.27. The molecule has 0 unspecified atom stereocenters. The van der Waals surface area contributed by atoms with Crippen LogP contribution in [0.2, 0.25) is 0 Å². The molecular formula is C15H16F3N5O2. The number of amides is 1. The zero-order valence-corrected chi connectivity index (χ0v) is 13.4. The topological polar surface area (TPSA) is 87.9 Å². The molecule has 134 valence electrons. The molecule has 7 nitrogen and oxygen atoms in total. The van der Waals surface area contributed by atoms with E-state index in [2.05, 4.69) is 20.3 Å². The summed E-state index contributed by atoms with van der Waals surface area (Å²) in [5.41, 5.74) is -2.03. The molecule has 1 saturated heterocycles. The second kappa shape index (κ2) is 5.30. The molecule has 10 heteroatoms. The molecule has 0 spiro atoms.